The molecule has 2 rings (SSSR count). The second-order valence-corrected chi connectivity index (χ2v) is 5.29. The maximum atomic E-state index is 11.8. The first-order chi connectivity index (χ1) is 12.0. The Balaban J connectivity index is 1.91. The van der Waals surface area contributed by atoms with Gasteiger partial charge in [0.15, 0.2) is 11.5 Å². The number of hydrazone groups is 1. The number of carbonyl (C=O) groups is 1. The number of aromatic hydroxyl groups is 1. The number of benzene rings is 2. The number of anilines is 1. The van der Waals surface area contributed by atoms with Gasteiger partial charge in [0.25, 0.3) is 5.91 Å². The van der Waals surface area contributed by atoms with Gasteiger partial charge in [-0.1, -0.05) is 17.7 Å². The normalized spacial score (nSPS) is 10.5. The summed E-state index contributed by atoms with van der Waals surface area (Å²) < 4.78 is 10.1. The van der Waals surface area contributed by atoms with Crippen LogP contribution in [0.5, 0.6) is 17.2 Å². The Hall–Kier alpha value is -3.22. The minimum Gasteiger partial charge on any atom is -0.502 e. The van der Waals surface area contributed by atoms with E-state index >= 15 is 0 Å². The highest BCUT2D eigenvalue weighted by atomic mass is 16.5. The zero-order valence-corrected chi connectivity index (χ0v) is 14.4. The Bertz CT molecular complexity index is 732. The quantitative estimate of drug-likeness (QED) is 0.530. The minimum absolute atomic E-state index is 0.0894. The van der Waals surface area contributed by atoms with Gasteiger partial charge in [0.2, 0.25) is 5.75 Å². The molecule has 0 bridgehead atoms. The van der Waals surface area contributed by atoms with Gasteiger partial charge in [-0.3, -0.25) is 4.79 Å². The highest BCUT2D eigenvalue weighted by Crippen LogP contribution is 2.36. The van der Waals surface area contributed by atoms with Crippen LogP contribution in [-0.2, 0) is 4.79 Å². The first kappa shape index (κ1) is 18.1. The summed E-state index contributed by atoms with van der Waals surface area (Å²) in [5.74, 6) is 0.143. The fourth-order valence-corrected chi connectivity index (χ4v) is 2.06. The van der Waals surface area contributed by atoms with Gasteiger partial charge in [0.05, 0.1) is 27.0 Å². The number of hydrogen-bond donors (Lipinski definition) is 3. The predicted octanol–water partition coefficient (Wildman–Crippen LogP) is 2.28. The predicted molar refractivity (Wildman–Crippen MR) is 96.6 cm³/mol. The van der Waals surface area contributed by atoms with Crippen LogP contribution in [0.2, 0.25) is 0 Å². The molecule has 132 valence electrons. The summed E-state index contributed by atoms with van der Waals surface area (Å²) in [6, 6.07) is 10.9. The Labute approximate surface area is 146 Å². The molecule has 1 amide bonds. The van der Waals surface area contributed by atoms with Crippen molar-refractivity contribution in [1.29, 1.82) is 0 Å². The fourth-order valence-electron chi connectivity index (χ4n) is 2.06. The number of nitrogens with zero attached hydrogens (tertiary/aromatic N) is 1. The van der Waals surface area contributed by atoms with Crippen molar-refractivity contribution >= 4 is 17.8 Å². The molecule has 3 N–H and O–H groups in total. The highest BCUT2D eigenvalue weighted by molar-refractivity contribution is 5.85. The number of ether oxygens (including phenoxy) is 2. The largest absolute Gasteiger partial charge is 0.502 e. The monoisotopic (exact) mass is 343 g/mol. The van der Waals surface area contributed by atoms with E-state index < -0.39 is 0 Å². The zero-order chi connectivity index (χ0) is 18.2. The van der Waals surface area contributed by atoms with Crippen LogP contribution in [0, 0.1) is 6.92 Å². The lowest BCUT2D eigenvalue weighted by atomic mass is 10.2. The Morgan fingerprint density at radius 3 is 2.32 bits per heavy atom. The smallest absolute Gasteiger partial charge is 0.259 e. The molecule has 0 aliphatic heterocycles. The van der Waals surface area contributed by atoms with Gasteiger partial charge in [0, 0.05) is 11.3 Å². The van der Waals surface area contributed by atoms with Crippen molar-refractivity contribution in [1.82, 2.24) is 5.43 Å². The minimum atomic E-state index is -0.283. The molecule has 0 fully saturated rings. The van der Waals surface area contributed by atoms with Crippen molar-refractivity contribution in [2.75, 3.05) is 26.1 Å². The molecule has 7 heteroatoms. The summed E-state index contributed by atoms with van der Waals surface area (Å²) in [4.78, 5) is 11.8. The Morgan fingerprint density at radius 2 is 1.76 bits per heavy atom. The number of phenols is 1. The summed E-state index contributed by atoms with van der Waals surface area (Å²) in [6.07, 6.45) is 1.44. The summed E-state index contributed by atoms with van der Waals surface area (Å²) in [7, 11) is 2.88. The third kappa shape index (κ3) is 5.13. The maximum absolute atomic E-state index is 11.8. The van der Waals surface area contributed by atoms with E-state index in [4.69, 9.17) is 9.47 Å². The molecular weight excluding hydrogens is 322 g/mol. The summed E-state index contributed by atoms with van der Waals surface area (Å²) in [5, 5.41) is 16.7. The summed E-state index contributed by atoms with van der Waals surface area (Å²) in [5.41, 5.74) is 5.05. The van der Waals surface area contributed by atoms with Gasteiger partial charge in [-0.25, -0.2) is 5.43 Å². The van der Waals surface area contributed by atoms with Crippen LogP contribution in [0.4, 0.5) is 5.69 Å². The molecule has 0 spiro atoms. The molecule has 25 heavy (non-hydrogen) atoms. The lowest BCUT2D eigenvalue weighted by molar-refractivity contribution is -0.119. The van der Waals surface area contributed by atoms with E-state index in [-0.39, 0.29) is 29.7 Å². The second kappa shape index (κ2) is 8.58. The number of aryl methyl sites for hydroxylation is 1. The molecule has 7 nitrogen and oxygen atoms in total. The van der Waals surface area contributed by atoms with Gasteiger partial charge in [-0.05, 0) is 31.2 Å². The van der Waals surface area contributed by atoms with Crippen LogP contribution in [0.3, 0.4) is 0 Å². The van der Waals surface area contributed by atoms with Crippen LogP contribution in [0.25, 0.3) is 0 Å². The Morgan fingerprint density at radius 1 is 1.16 bits per heavy atom. The van der Waals surface area contributed by atoms with Crippen molar-refractivity contribution in [2.24, 2.45) is 5.10 Å². The molecule has 0 saturated heterocycles. The average Bonchev–Trinajstić information content (AvgIpc) is 2.62. The zero-order valence-electron chi connectivity index (χ0n) is 14.4. The molecule has 0 atom stereocenters. The summed E-state index contributed by atoms with van der Waals surface area (Å²) >= 11 is 0. The molecule has 0 unspecified atom stereocenters. The second-order valence-electron chi connectivity index (χ2n) is 5.29. The van der Waals surface area contributed by atoms with Crippen molar-refractivity contribution in [2.45, 2.75) is 6.92 Å². The van der Waals surface area contributed by atoms with Gasteiger partial charge in [-0.15, -0.1) is 0 Å². The lowest BCUT2D eigenvalue weighted by Gasteiger charge is -2.09. The third-order valence-electron chi connectivity index (χ3n) is 3.41. The SMILES string of the molecule is COc1cc(C=NNC(=O)CNc2ccc(C)cc2)cc(OC)c1O. The number of amides is 1. The molecule has 0 aliphatic carbocycles. The van der Waals surface area contributed by atoms with E-state index in [1.807, 2.05) is 31.2 Å². The number of carbonyl (C=O) groups excluding carboxylic acids is 1. The van der Waals surface area contributed by atoms with Crippen LogP contribution in [0.1, 0.15) is 11.1 Å². The Kier molecular flexibility index (Phi) is 6.22. The van der Waals surface area contributed by atoms with Crippen molar-refractivity contribution in [3.63, 3.8) is 0 Å². The van der Waals surface area contributed by atoms with Crippen LogP contribution >= 0.6 is 0 Å². The van der Waals surface area contributed by atoms with Crippen LogP contribution in [0.15, 0.2) is 41.5 Å². The molecule has 0 saturated carbocycles. The highest BCUT2D eigenvalue weighted by Gasteiger charge is 2.10. The van der Waals surface area contributed by atoms with Gasteiger partial charge in [-0.2, -0.15) is 5.10 Å². The first-order valence-electron chi connectivity index (χ1n) is 7.61. The molecular formula is C18H21N3O4. The molecule has 0 radical (unpaired) electrons. The van der Waals surface area contributed by atoms with Crippen molar-refractivity contribution in [3.05, 3.63) is 47.5 Å². The van der Waals surface area contributed by atoms with E-state index in [2.05, 4.69) is 15.8 Å². The van der Waals surface area contributed by atoms with Crippen molar-refractivity contribution in [3.8, 4) is 17.2 Å². The fraction of sp³-hybridized carbons (Fsp3) is 0.222. The number of rotatable bonds is 7. The molecule has 2 aromatic carbocycles. The van der Waals surface area contributed by atoms with E-state index in [0.717, 1.165) is 11.3 Å². The van der Waals surface area contributed by atoms with Gasteiger partial charge in [0.1, 0.15) is 0 Å². The van der Waals surface area contributed by atoms with Crippen LogP contribution in [-0.4, -0.2) is 38.0 Å². The summed E-state index contributed by atoms with van der Waals surface area (Å²) in [6.45, 7) is 2.10. The van der Waals surface area contributed by atoms with E-state index in [9.17, 15) is 9.90 Å². The molecule has 2 aromatic rings. The van der Waals surface area contributed by atoms with Crippen molar-refractivity contribution < 1.29 is 19.4 Å². The number of hydrogen-bond acceptors (Lipinski definition) is 6. The molecule has 0 aliphatic rings. The number of phenolic OH excluding ortho intramolecular Hbond substituents is 1. The first-order valence-corrected chi connectivity index (χ1v) is 7.61. The molecule has 0 heterocycles. The number of nitrogens with one attached hydrogen (secondary N) is 2. The van der Waals surface area contributed by atoms with Gasteiger partial charge >= 0.3 is 0 Å². The maximum Gasteiger partial charge on any atom is 0.259 e. The lowest BCUT2D eigenvalue weighted by Crippen LogP contribution is -2.25. The molecule has 0 aromatic heterocycles. The number of methoxy groups -OCH3 is 2. The van der Waals surface area contributed by atoms with E-state index in [1.165, 1.54) is 20.4 Å². The van der Waals surface area contributed by atoms with E-state index in [1.54, 1.807) is 12.1 Å². The topological polar surface area (TPSA) is 92.2 Å². The van der Waals surface area contributed by atoms with Crippen LogP contribution < -0.4 is 20.2 Å². The van der Waals surface area contributed by atoms with E-state index in [0.29, 0.717) is 5.56 Å². The average molecular weight is 343 g/mol. The van der Waals surface area contributed by atoms with Gasteiger partial charge < -0.3 is 19.9 Å². The standard InChI is InChI=1S/C18H21N3O4/c1-12-4-6-14(7-5-12)19-11-17(22)21-20-10-13-8-15(24-2)18(23)16(9-13)25-3/h4-10,19,23H,11H2,1-3H3,(H,21,22). The third-order valence-corrected chi connectivity index (χ3v) is 3.41.